The summed E-state index contributed by atoms with van der Waals surface area (Å²) in [6.07, 6.45) is 5.19. The second kappa shape index (κ2) is 2.19. The maximum Gasteiger partial charge on any atom is 0.317 e. The van der Waals surface area contributed by atoms with Crippen molar-refractivity contribution in [2.45, 2.75) is 12.8 Å². The van der Waals surface area contributed by atoms with Crippen LogP contribution < -0.4 is 0 Å². The summed E-state index contributed by atoms with van der Waals surface area (Å²) in [6, 6.07) is 0. The summed E-state index contributed by atoms with van der Waals surface area (Å²) >= 11 is 0. The second-order valence-corrected chi connectivity index (χ2v) is 2.90. The van der Waals surface area contributed by atoms with E-state index in [2.05, 4.69) is 4.74 Å². The van der Waals surface area contributed by atoms with Crippen LogP contribution in [0.25, 0.3) is 0 Å². The van der Waals surface area contributed by atoms with E-state index in [0.717, 1.165) is 0 Å². The first-order valence-electron chi connectivity index (χ1n) is 3.69. The third-order valence-electron chi connectivity index (χ3n) is 2.24. The molecule has 1 saturated heterocycles. The Morgan fingerprint density at radius 3 is 2.00 bits per heavy atom. The number of carbonyl (C=O) groups is 2. The highest BCUT2D eigenvalue weighted by atomic mass is 16.6. The van der Waals surface area contributed by atoms with Gasteiger partial charge in [0, 0.05) is 0 Å². The van der Waals surface area contributed by atoms with Crippen molar-refractivity contribution in [3.05, 3.63) is 12.2 Å². The van der Waals surface area contributed by atoms with E-state index in [4.69, 9.17) is 0 Å². The number of hydrogen-bond acceptors (Lipinski definition) is 3. The van der Waals surface area contributed by atoms with Crippen molar-refractivity contribution in [1.29, 1.82) is 0 Å². The van der Waals surface area contributed by atoms with Gasteiger partial charge in [0.1, 0.15) is 0 Å². The van der Waals surface area contributed by atoms with Gasteiger partial charge < -0.3 is 4.74 Å². The first kappa shape index (κ1) is 6.58. The highest BCUT2D eigenvalue weighted by Gasteiger charge is 2.43. The molecule has 0 radical (unpaired) electrons. The third-order valence-corrected chi connectivity index (χ3v) is 2.24. The molecular formula is C8H8O3. The highest BCUT2D eigenvalue weighted by molar-refractivity contribution is 5.96. The molecule has 0 bridgehead atoms. The van der Waals surface area contributed by atoms with Crippen LogP contribution in [0.2, 0.25) is 0 Å². The van der Waals surface area contributed by atoms with Gasteiger partial charge in [-0.1, -0.05) is 12.2 Å². The molecule has 0 saturated carbocycles. The number of ether oxygens (including phenoxy) is 1. The molecule has 0 unspecified atom stereocenters. The van der Waals surface area contributed by atoms with E-state index >= 15 is 0 Å². The highest BCUT2D eigenvalue weighted by Crippen LogP contribution is 2.32. The average molecular weight is 152 g/mol. The van der Waals surface area contributed by atoms with Crippen molar-refractivity contribution in [2.24, 2.45) is 11.8 Å². The zero-order valence-corrected chi connectivity index (χ0v) is 5.95. The van der Waals surface area contributed by atoms with Crippen molar-refractivity contribution in [3.63, 3.8) is 0 Å². The number of carbonyl (C=O) groups excluding carboxylic acids is 2. The number of esters is 2. The Kier molecular flexibility index (Phi) is 1.31. The van der Waals surface area contributed by atoms with Crippen molar-refractivity contribution in [1.82, 2.24) is 0 Å². The van der Waals surface area contributed by atoms with E-state index in [1.54, 1.807) is 0 Å². The van der Waals surface area contributed by atoms with Crippen LogP contribution in [0.4, 0.5) is 0 Å². The Bertz CT molecular complexity index is 218. The Balaban J connectivity index is 2.28. The first-order valence-corrected chi connectivity index (χ1v) is 3.69. The minimum atomic E-state index is -0.343. The fraction of sp³-hybridized carbons (Fsp3) is 0.500. The molecule has 3 heteroatoms. The van der Waals surface area contributed by atoms with E-state index in [1.807, 2.05) is 12.2 Å². The molecule has 1 fully saturated rings. The van der Waals surface area contributed by atoms with Gasteiger partial charge in [-0.15, -0.1) is 0 Å². The number of rotatable bonds is 0. The van der Waals surface area contributed by atoms with Crippen molar-refractivity contribution in [3.8, 4) is 0 Å². The number of fused-ring (bicyclic) bond motifs is 1. The third kappa shape index (κ3) is 0.878. The molecule has 0 aromatic heterocycles. The number of cyclic esters (lactones) is 2. The zero-order valence-electron chi connectivity index (χ0n) is 5.95. The molecule has 0 spiro atoms. The van der Waals surface area contributed by atoms with Gasteiger partial charge in [-0.2, -0.15) is 0 Å². The van der Waals surface area contributed by atoms with Crippen LogP contribution in [-0.2, 0) is 14.3 Å². The molecule has 0 aromatic rings. The molecular weight excluding hydrogens is 144 g/mol. The fourth-order valence-electron chi connectivity index (χ4n) is 1.59. The molecule has 0 N–H and O–H groups in total. The Hall–Kier alpha value is -1.12. The van der Waals surface area contributed by atoms with Crippen LogP contribution >= 0.6 is 0 Å². The molecule has 1 aliphatic heterocycles. The number of hydrogen-bond donors (Lipinski definition) is 0. The lowest BCUT2D eigenvalue weighted by Gasteiger charge is -2.12. The molecule has 11 heavy (non-hydrogen) atoms. The minimum Gasteiger partial charge on any atom is -0.393 e. The molecule has 2 aliphatic rings. The Morgan fingerprint density at radius 2 is 1.55 bits per heavy atom. The zero-order chi connectivity index (χ0) is 7.84. The average Bonchev–Trinajstić information content (AvgIpc) is 2.30. The van der Waals surface area contributed by atoms with Gasteiger partial charge in [-0.25, -0.2) is 0 Å². The lowest BCUT2D eigenvalue weighted by Crippen LogP contribution is -2.18. The summed E-state index contributed by atoms with van der Waals surface area (Å²) < 4.78 is 4.49. The van der Waals surface area contributed by atoms with Crippen LogP contribution in [0.5, 0.6) is 0 Å². The Morgan fingerprint density at radius 1 is 1.09 bits per heavy atom. The molecule has 2 rings (SSSR count). The summed E-state index contributed by atoms with van der Waals surface area (Å²) in [4.78, 5) is 21.9. The molecule has 1 heterocycles. The normalized spacial score (nSPS) is 35.3. The van der Waals surface area contributed by atoms with Crippen LogP contribution in [0.1, 0.15) is 12.8 Å². The fourth-order valence-corrected chi connectivity index (χ4v) is 1.59. The molecule has 58 valence electrons. The standard InChI is InChI=1S/C8H8O3/c9-7-5-3-1-2-4-6(5)8(10)11-7/h1-2,5-6H,3-4H2/t5-,6-/m1/s1. The topological polar surface area (TPSA) is 43.4 Å². The lowest BCUT2D eigenvalue weighted by atomic mass is 9.85. The van der Waals surface area contributed by atoms with Gasteiger partial charge in [-0.3, -0.25) is 9.59 Å². The smallest absolute Gasteiger partial charge is 0.317 e. The quantitative estimate of drug-likeness (QED) is 0.291. The largest absolute Gasteiger partial charge is 0.393 e. The van der Waals surface area contributed by atoms with Crippen molar-refractivity contribution >= 4 is 11.9 Å². The minimum absolute atomic E-state index is 0.188. The SMILES string of the molecule is O=C1OC(=O)[C@@H]2CC=CC[C@@H]12. The van der Waals surface area contributed by atoms with Gasteiger partial charge in [-0.05, 0) is 12.8 Å². The van der Waals surface area contributed by atoms with Crippen LogP contribution in [-0.4, -0.2) is 11.9 Å². The maximum absolute atomic E-state index is 10.9. The van der Waals surface area contributed by atoms with Gasteiger partial charge >= 0.3 is 11.9 Å². The van der Waals surface area contributed by atoms with E-state index in [9.17, 15) is 9.59 Å². The van der Waals surface area contributed by atoms with Crippen LogP contribution in [0, 0.1) is 11.8 Å². The summed E-state index contributed by atoms with van der Waals surface area (Å²) in [6.45, 7) is 0. The van der Waals surface area contributed by atoms with Crippen LogP contribution in [0.15, 0.2) is 12.2 Å². The number of allylic oxidation sites excluding steroid dienone is 2. The van der Waals surface area contributed by atoms with Gasteiger partial charge in [0.05, 0.1) is 11.8 Å². The van der Waals surface area contributed by atoms with Crippen molar-refractivity contribution in [2.75, 3.05) is 0 Å². The monoisotopic (exact) mass is 152 g/mol. The molecule has 0 amide bonds. The summed E-state index contributed by atoms with van der Waals surface area (Å²) in [5.74, 6) is -1.06. The predicted octanol–water partition coefficient (Wildman–Crippen LogP) is 0.652. The van der Waals surface area contributed by atoms with Gasteiger partial charge in [0.25, 0.3) is 0 Å². The van der Waals surface area contributed by atoms with E-state index in [0.29, 0.717) is 12.8 Å². The van der Waals surface area contributed by atoms with E-state index in [-0.39, 0.29) is 23.8 Å². The van der Waals surface area contributed by atoms with E-state index in [1.165, 1.54) is 0 Å². The predicted molar refractivity (Wildman–Crippen MR) is 36.5 cm³/mol. The molecule has 3 nitrogen and oxygen atoms in total. The van der Waals surface area contributed by atoms with E-state index < -0.39 is 0 Å². The summed E-state index contributed by atoms with van der Waals surface area (Å²) in [5.41, 5.74) is 0. The summed E-state index contributed by atoms with van der Waals surface area (Å²) in [5, 5.41) is 0. The first-order chi connectivity index (χ1) is 5.29. The lowest BCUT2D eigenvalue weighted by molar-refractivity contribution is -0.153. The van der Waals surface area contributed by atoms with Crippen molar-refractivity contribution < 1.29 is 14.3 Å². The maximum atomic E-state index is 10.9. The van der Waals surface area contributed by atoms with Gasteiger partial charge in [0.15, 0.2) is 0 Å². The Labute approximate surface area is 64.0 Å². The second-order valence-electron chi connectivity index (χ2n) is 2.90. The molecule has 1 aliphatic carbocycles. The van der Waals surface area contributed by atoms with Gasteiger partial charge in [0.2, 0.25) is 0 Å². The summed E-state index contributed by atoms with van der Waals surface area (Å²) in [7, 11) is 0. The molecule has 2 atom stereocenters. The van der Waals surface area contributed by atoms with Crippen LogP contribution in [0.3, 0.4) is 0 Å². The molecule has 0 aromatic carbocycles.